The van der Waals surface area contributed by atoms with Crippen LogP contribution in [0.1, 0.15) is 418 Å². The van der Waals surface area contributed by atoms with E-state index in [2.05, 4.69) is 55.6 Å². The maximum atomic E-state index is 12.5. The summed E-state index contributed by atoms with van der Waals surface area (Å²) in [5, 5.41) is 23.3. The number of nitrogens with one attached hydrogen (secondary N) is 1. The number of carbonyl (C=O) groups is 2. The first-order valence-corrected chi connectivity index (χ1v) is 37.7. The topological polar surface area (TPSA) is 95.9 Å². The number of esters is 1. The first-order chi connectivity index (χ1) is 41.0. The van der Waals surface area contributed by atoms with Crippen molar-refractivity contribution in [2.75, 3.05) is 13.2 Å². The number of unbranched alkanes of at least 4 members (excludes halogenated alkanes) is 54. The fourth-order valence-electron chi connectivity index (χ4n) is 11.9. The molecule has 0 heterocycles. The Balaban J connectivity index is 3.31. The van der Waals surface area contributed by atoms with Gasteiger partial charge in [0.05, 0.1) is 25.4 Å². The minimum Gasteiger partial charge on any atom is -0.466 e. The van der Waals surface area contributed by atoms with Crippen LogP contribution < -0.4 is 5.32 Å². The summed E-state index contributed by atoms with van der Waals surface area (Å²) < 4.78 is 5.49. The van der Waals surface area contributed by atoms with Crippen molar-refractivity contribution in [1.29, 1.82) is 0 Å². The average molecular weight is 1170 g/mol. The lowest BCUT2D eigenvalue weighted by Crippen LogP contribution is -2.45. The van der Waals surface area contributed by atoms with Crippen molar-refractivity contribution in [3.63, 3.8) is 0 Å². The molecule has 6 nitrogen and oxygen atoms in total. The van der Waals surface area contributed by atoms with Gasteiger partial charge in [0.15, 0.2) is 0 Å². The molecule has 3 N–H and O–H groups in total. The molecule has 1 amide bonds. The summed E-state index contributed by atoms with van der Waals surface area (Å²) in [4.78, 5) is 24.6. The van der Waals surface area contributed by atoms with Crippen LogP contribution in [0.4, 0.5) is 0 Å². The van der Waals surface area contributed by atoms with Crippen LogP contribution in [-0.4, -0.2) is 47.4 Å². The highest BCUT2D eigenvalue weighted by molar-refractivity contribution is 5.76. The normalized spacial score (nSPS) is 12.7. The van der Waals surface area contributed by atoms with Crippen molar-refractivity contribution in [1.82, 2.24) is 5.32 Å². The van der Waals surface area contributed by atoms with Gasteiger partial charge in [0, 0.05) is 12.8 Å². The third-order valence-electron chi connectivity index (χ3n) is 17.7. The molecule has 0 aromatic carbocycles. The van der Waals surface area contributed by atoms with E-state index in [-0.39, 0.29) is 18.5 Å². The second kappa shape index (κ2) is 72.6. The molecule has 0 aliphatic carbocycles. The summed E-state index contributed by atoms with van der Waals surface area (Å²) in [7, 11) is 0. The monoisotopic (exact) mass is 1170 g/mol. The molecule has 0 saturated heterocycles. The Morgan fingerprint density at radius 3 is 0.964 bits per heavy atom. The Bertz CT molecular complexity index is 1340. The van der Waals surface area contributed by atoms with Gasteiger partial charge in [-0.25, -0.2) is 0 Å². The molecule has 490 valence electrons. The lowest BCUT2D eigenvalue weighted by Gasteiger charge is -2.22. The number of allylic oxidation sites excluding steroid dienone is 6. The minimum atomic E-state index is -0.660. The highest BCUT2D eigenvalue weighted by atomic mass is 16.5. The Labute approximate surface area is 519 Å². The van der Waals surface area contributed by atoms with Crippen molar-refractivity contribution in [3.05, 3.63) is 36.5 Å². The molecule has 0 rings (SSSR count). The molecule has 2 unspecified atom stereocenters. The zero-order valence-corrected chi connectivity index (χ0v) is 56.2. The number of aliphatic hydroxyl groups excluding tert-OH is 2. The molecule has 0 aromatic heterocycles. The van der Waals surface area contributed by atoms with Gasteiger partial charge < -0.3 is 20.3 Å². The molecule has 0 bridgehead atoms. The molecule has 0 aliphatic rings. The van der Waals surface area contributed by atoms with Gasteiger partial charge in [0.1, 0.15) is 0 Å². The van der Waals surface area contributed by atoms with Crippen LogP contribution in [0, 0.1) is 0 Å². The number of rotatable bonds is 71. The quantitative estimate of drug-likeness (QED) is 0.0320. The highest BCUT2D eigenvalue weighted by Crippen LogP contribution is 2.19. The first kappa shape index (κ1) is 81.1. The summed E-state index contributed by atoms with van der Waals surface area (Å²) >= 11 is 0. The summed E-state index contributed by atoms with van der Waals surface area (Å²) in [6.45, 7) is 4.94. The average Bonchev–Trinajstić information content (AvgIpc) is 3.49. The molecule has 0 spiro atoms. The maximum absolute atomic E-state index is 12.5. The second-order valence-electron chi connectivity index (χ2n) is 26.0. The molecular weight excluding hydrogens is 1020 g/mol. The van der Waals surface area contributed by atoms with E-state index in [9.17, 15) is 19.8 Å². The van der Waals surface area contributed by atoms with Crippen molar-refractivity contribution in [2.24, 2.45) is 0 Å². The zero-order valence-electron chi connectivity index (χ0n) is 56.2. The third kappa shape index (κ3) is 69.1. The number of hydrogen-bond acceptors (Lipinski definition) is 5. The van der Waals surface area contributed by atoms with E-state index in [1.807, 2.05) is 0 Å². The first-order valence-electron chi connectivity index (χ1n) is 37.7. The Hall–Kier alpha value is -1.92. The molecular formula is C77H147NO5. The predicted molar refractivity (Wildman–Crippen MR) is 366 cm³/mol. The zero-order chi connectivity index (χ0) is 59.9. The van der Waals surface area contributed by atoms with E-state index in [0.29, 0.717) is 25.9 Å². The molecule has 0 saturated carbocycles. The smallest absolute Gasteiger partial charge is 0.305 e. The van der Waals surface area contributed by atoms with E-state index in [0.717, 1.165) is 51.4 Å². The number of amides is 1. The number of ether oxygens (including phenoxy) is 1. The number of hydrogen-bond donors (Lipinski definition) is 3. The molecule has 0 aliphatic heterocycles. The fraction of sp³-hybridized carbons (Fsp3) is 0.896. The SMILES string of the molecule is CCCC/C=C\C/C=C\CCCCCCCC(=O)OCCCCCCCCCCCCCCCCCCCC/C=C\CCCCCCCCCCCCCCCCCCCC(=O)NC(CO)C(O)CCCCCCCCCCCCCCC. The van der Waals surface area contributed by atoms with Crippen LogP contribution in [0.2, 0.25) is 0 Å². The van der Waals surface area contributed by atoms with Crippen LogP contribution in [0.15, 0.2) is 36.5 Å². The lowest BCUT2D eigenvalue weighted by molar-refractivity contribution is -0.143. The Morgan fingerprint density at radius 1 is 0.337 bits per heavy atom. The summed E-state index contributed by atoms with van der Waals surface area (Å²) in [5.74, 6) is -0.0204. The van der Waals surface area contributed by atoms with Crippen LogP contribution in [-0.2, 0) is 14.3 Å². The Kier molecular flexibility index (Phi) is 70.9. The van der Waals surface area contributed by atoms with Crippen LogP contribution in [0.3, 0.4) is 0 Å². The van der Waals surface area contributed by atoms with Crippen LogP contribution >= 0.6 is 0 Å². The molecule has 6 heteroatoms. The standard InChI is InChI=1S/C77H147NO5/c1-3-5-7-9-11-13-15-17-47-51-55-59-63-67-71-77(82)83-72-68-64-60-56-52-48-44-42-40-38-36-34-32-30-28-26-24-22-20-18-19-21-23-25-27-29-31-33-35-37-39-41-43-46-50-54-58-62-66-70-76(81)78-74(73-79)75(80)69-65-61-57-53-49-45-16-14-12-10-8-6-4-2/h9,11,15,17-19,74-75,79-80H,3-8,10,12-14,16,20-73H2,1-2H3,(H,78,81)/b11-9-,17-15-,19-18-. The molecule has 0 aromatic rings. The van der Waals surface area contributed by atoms with E-state index >= 15 is 0 Å². The predicted octanol–water partition coefficient (Wildman–Crippen LogP) is 24.7. The summed E-state index contributed by atoms with van der Waals surface area (Å²) in [6, 6.07) is -0.537. The minimum absolute atomic E-state index is 0.00810. The van der Waals surface area contributed by atoms with Gasteiger partial charge in [0.25, 0.3) is 0 Å². The molecule has 83 heavy (non-hydrogen) atoms. The lowest BCUT2D eigenvalue weighted by atomic mass is 10.0. The fourth-order valence-corrected chi connectivity index (χ4v) is 11.9. The summed E-state index contributed by atoms with van der Waals surface area (Å²) in [6.07, 6.45) is 93.8. The van der Waals surface area contributed by atoms with Crippen LogP contribution in [0.5, 0.6) is 0 Å². The Morgan fingerprint density at radius 2 is 0.614 bits per heavy atom. The van der Waals surface area contributed by atoms with Crippen molar-refractivity contribution < 1.29 is 24.5 Å². The molecule has 0 radical (unpaired) electrons. The van der Waals surface area contributed by atoms with Crippen LogP contribution in [0.25, 0.3) is 0 Å². The largest absolute Gasteiger partial charge is 0.466 e. The highest BCUT2D eigenvalue weighted by Gasteiger charge is 2.20. The van der Waals surface area contributed by atoms with Gasteiger partial charge in [-0.05, 0) is 77.0 Å². The van der Waals surface area contributed by atoms with Crippen molar-refractivity contribution in [3.8, 4) is 0 Å². The molecule has 0 fully saturated rings. The molecule has 2 atom stereocenters. The van der Waals surface area contributed by atoms with Crippen molar-refractivity contribution in [2.45, 2.75) is 431 Å². The van der Waals surface area contributed by atoms with E-state index in [1.54, 1.807) is 0 Å². The second-order valence-corrected chi connectivity index (χ2v) is 26.0. The van der Waals surface area contributed by atoms with Gasteiger partial charge in [-0.15, -0.1) is 0 Å². The van der Waals surface area contributed by atoms with E-state index in [4.69, 9.17) is 4.74 Å². The maximum Gasteiger partial charge on any atom is 0.305 e. The van der Waals surface area contributed by atoms with Gasteiger partial charge in [-0.1, -0.05) is 365 Å². The van der Waals surface area contributed by atoms with E-state index < -0.39 is 12.1 Å². The van der Waals surface area contributed by atoms with Gasteiger partial charge in [-0.3, -0.25) is 9.59 Å². The number of carbonyl (C=O) groups excluding carboxylic acids is 2. The summed E-state index contributed by atoms with van der Waals surface area (Å²) in [5.41, 5.74) is 0. The van der Waals surface area contributed by atoms with Gasteiger partial charge in [-0.2, -0.15) is 0 Å². The third-order valence-corrected chi connectivity index (χ3v) is 17.7. The van der Waals surface area contributed by atoms with Gasteiger partial charge >= 0.3 is 5.97 Å². The number of aliphatic hydroxyl groups is 2. The van der Waals surface area contributed by atoms with Crippen molar-refractivity contribution >= 4 is 11.9 Å². The van der Waals surface area contributed by atoms with Gasteiger partial charge in [0.2, 0.25) is 5.91 Å². The van der Waals surface area contributed by atoms with E-state index in [1.165, 1.54) is 334 Å².